The van der Waals surface area contributed by atoms with E-state index in [2.05, 4.69) is 22.9 Å². The number of rotatable bonds is 3. The van der Waals surface area contributed by atoms with Crippen LogP contribution in [0.5, 0.6) is 0 Å². The van der Waals surface area contributed by atoms with Crippen LogP contribution in [0.4, 0.5) is 0 Å². The molecule has 1 aromatic carbocycles. The fourth-order valence-corrected chi connectivity index (χ4v) is 5.38. The van der Waals surface area contributed by atoms with E-state index in [1.807, 2.05) is 6.07 Å². The van der Waals surface area contributed by atoms with Gasteiger partial charge in [0.25, 0.3) is 0 Å². The summed E-state index contributed by atoms with van der Waals surface area (Å²) in [6.07, 6.45) is 1.92. The van der Waals surface area contributed by atoms with Gasteiger partial charge in [-0.1, -0.05) is 19.1 Å². The van der Waals surface area contributed by atoms with Gasteiger partial charge in [0.1, 0.15) is 0 Å². The predicted octanol–water partition coefficient (Wildman–Crippen LogP) is 2.20. The average Bonchev–Trinajstić information content (AvgIpc) is 2.38. The summed E-state index contributed by atoms with van der Waals surface area (Å²) in [5, 5.41) is 0. The van der Waals surface area contributed by atoms with E-state index >= 15 is 0 Å². The molecule has 6 heteroatoms. The Morgan fingerprint density at radius 2 is 2.11 bits per heavy atom. The van der Waals surface area contributed by atoms with Crippen molar-refractivity contribution in [2.45, 2.75) is 30.7 Å². The van der Waals surface area contributed by atoms with E-state index in [9.17, 15) is 8.42 Å². The monoisotopic (exact) mass is 346 g/mol. The molecule has 4 nitrogen and oxygen atoms in total. The largest absolute Gasteiger partial charge is 0.329 e. The number of piperidine rings is 1. The maximum atomic E-state index is 12.8. The highest BCUT2D eigenvalue weighted by atomic mass is 79.9. The summed E-state index contributed by atoms with van der Waals surface area (Å²) in [6, 6.07) is 6.82. The van der Waals surface area contributed by atoms with Crippen LogP contribution in [-0.2, 0) is 10.0 Å². The second kappa shape index (κ2) is 5.91. The SMILES string of the molecule is CC1CCCN(S(=O)(=O)c2ccccc2Br)C1CN. The highest BCUT2D eigenvalue weighted by molar-refractivity contribution is 9.10. The standard InChI is InChI=1S/C13H19BrN2O2S/c1-10-5-4-8-16(12(10)9-15)19(17,18)13-7-3-2-6-11(13)14/h2-3,6-7,10,12H,4-5,8-9,15H2,1H3. The average molecular weight is 347 g/mol. The maximum Gasteiger partial charge on any atom is 0.244 e. The van der Waals surface area contributed by atoms with Crippen molar-refractivity contribution in [1.29, 1.82) is 0 Å². The molecule has 1 heterocycles. The molecule has 1 saturated heterocycles. The fraction of sp³-hybridized carbons (Fsp3) is 0.538. The van der Waals surface area contributed by atoms with Gasteiger partial charge in [0.15, 0.2) is 0 Å². The molecule has 0 aliphatic carbocycles. The molecule has 2 rings (SSSR count). The van der Waals surface area contributed by atoms with Gasteiger partial charge in [-0.3, -0.25) is 0 Å². The van der Waals surface area contributed by atoms with Crippen molar-refractivity contribution < 1.29 is 8.42 Å². The van der Waals surface area contributed by atoms with Crippen molar-refractivity contribution in [3.05, 3.63) is 28.7 Å². The van der Waals surface area contributed by atoms with Crippen LogP contribution in [0.25, 0.3) is 0 Å². The lowest BCUT2D eigenvalue weighted by molar-refractivity contribution is 0.192. The Labute approximate surface area is 123 Å². The van der Waals surface area contributed by atoms with Gasteiger partial charge < -0.3 is 5.73 Å². The molecule has 2 N–H and O–H groups in total. The second-order valence-electron chi connectivity index (χ2n) is 4.97. The molecule has 1 fully saturated rings. The van der Waals surface area contributed by atoms with Crippen molar-refractivity contribution in [2.24, 2.45) is 11.7 Å². The molecule has 2 atom stereocenters. The lowest BCUT2D eigenvalue weighted by Gasteiger charge is -2.38. The van der Waals surface area contributed by atoms with Gasteiger partial charge in [-0.2, -0.15) is 4.31 Å². The Morgan fingerprint density at radius 3 is 2.74 bits per heavy atom. The summed E-state index contributed by atoms with van der Waals surface area (Å²) in [5.74, 6) is 0.302. The lowest BCUT2D eigenvalue weighted by atomic mass is 9.93. The summed E-state index contributed by atoms with van der Waals surface area (Å²) in [7, 11) is -3.48. The van der Waals surface area contributed by atoms with Crippen molar-refractivity contribution >= 4 is 26.0 Å². The third-order valence-electron chi connectivity index (χ3n) is 3.73. The summed E-state index contributed by atoms with van der Waals surface area (Å²) < 4.78 is 27.7. The Hall–Kier alpha value is -0.430. The molecule has 0 radical (unpaired) electrons. The molecule has 1 aromatic rings. The highest BCUT2D eigenvalue weighted by Gasteiger charge is 2.37. The van der Waals surface area contributed by atoms with Crippen molar-refractivity contribution in [1.82, 2.24) is 4.31 Å². The molecule has 1 aliphatic heterocycles. The summed E-state index contributed by atoms with van der Waals surface area (Å²) in [6.45, 7) is 2.99. The van der Waals surface area contributed by atoms with E-state index in [1.165, 1.54) is 0 Å². The minimum atomic E-state index is -3.48. The van der Waals surface area contributed by atoms with E-state index in [-0.39, 0.29) is 6.04 Å². The Bertz CT molecular complexity index is 547. The van der Waals surface area contributed by atoms with E-state index < -0.39 is 10.0 Å². The van der Waals surface area contributed by atoms with Gasteiger partial charge in [-0.05, 0) is 46.8 Å². The minimum absolute atomic E-state index is 0.106. The minimum Gasteiger partial charge on any atom is -0.329 e. The lowest BCUT2D eigenvalue weighted by Crippen LogP contribution is -2.51. The van der Waals surface area contributed by atoms with Crippen molar-refractivity contribution in [2.75, 3.05) is 13.1 Å². The first kappa shape index (κ1) is 15.0. The first-order valence-corrected chi connectivity index (χ1v) is 8.68. The van der Waals surface area contributed by atoms with Crippen LogP contribution in [0, 0.1) is 5.92 Å². The first-order chi connectivity index (χ1) is 8.98. The topological polar surface area (TPSA) is 63.4 Å². The van der Waals surface area contributed by atoms with Crippen LogP contribution >= 0.6 is 15.9 Å². The fourth-order valence-electron chi connectivity index (χ4n) is 2.64. The first-order valence-electron chi connectivity index (χ1n) is 6.45. The molecule has 0 bridgehead atoms. The predicted molar refractivity (Wildman–Crippen MR) is 79.3 cm³/mol. The number of halogens is 1. The van der Waals surface area contributed by atoms with Gasteiger partial charge in [-0.15, -0.1) is 0 Å². The van der Waals surface area contributed by atoms with Gasteiger partial charge in [-0.25, -0.2) is 8.42 Å². The van der Waals surface area contributed by atoms with Gasteiger partial charge >= 0.3 is 0 Å². The van der Waals surface area contributed by atoms with E-state index in [1.54, 1.807) is 22.5 Å². The molecule has 0 saturated carbocycles. The molecule has 2 unspecified atom stereocenters. The number of sulfonamides is 1. The van der Waals surface area contributed by atoms with Gasteiger partial charge in [0, 0.05) is 23.6 Å². The Kier molecular flexibility index (Phi) is 4.66. The molecule has 0 spiro atoms. The van der Waals surface area contributed by atoms with Gasteiger partial charge in [0.05, 0.1) is 4.90 Å². The number of hydrogen-bond donors (Lipinski definition) is 1. The number of nitrogens with two attached hydrogens (primary N) is 1. The quantitative estimate of drug-likeness (QED) is 0.912. The zero-order valence-electron chi connectivity index (χ0n) is 10.9. The van der Waals surface area contributed by atoms with Crippen LogP contribution in [-0.4, -0.2) is 31.9 Å². The van der Waals surface area contributed by atoms with Crippen LogP contribution < -0.4 is 5.73 Å². The number of benzene rings is 1. The molecule has 0 amide bonds. The molecular weight excluding hydrogens is 328 g/mol. The van der Waals surface area contributed by atoms with Crippen LogP contribution in [0.3, 0.4) is 0 Å². The third-order valence-corrected chi connectivity index (χ3v) is 6.67. The van der Waals surface area contributed by atoms with E-state index in [0.717, 1.165) is 12.8 Å². The van der Waals surface area contributed by atoms with E-state index in [4.69, 9.17) is 5.73 Å². The smallest absolute Gasteiger partial charge is 0.244 e. The molecular formula is C13H19BrN2O2S. The number of nitrogens with zero attached hydrogens (tertiary/aromatic N) is 1. The van der Waals surface area contributed by atoms with Crippen LogP contribution in [0.2, 0.25) is 0 Å². The Balaban J connectivity index is 2.41. The molecule has 19 heavy (non-hydrogen) atoms. The molecule has 0 aromatic heterocycles. The maximum absolute atomic E-state index is 12.8. The zero-order chi connectivity index (χ0) is 14.0. The molecule has 1 aliphatic rings. The highest BCUT2D eigenvalue weighted by Crippen LogP contribution is 2.31. The second-order valence-corrected chi connectivity index (χ2v) is 7.68. The van der Waals surface area contributed by atoms with Gasteiger partial charge in [0.2, 0.25) is 10.0 Å². The number of hydrogen-bond acceptors (Lipinski definition) is 3. The summed E-state index contributed by atoms with van der Waals surface area (Å²) in [4.78, 5) is 0.322. The van der Waals surface area contributed by atoms with Crippen molar-refractivity contribution in [3.63, 3.8) is 0 Å². The summed E-state index contributed by atoms with van der Waals surface area (Å²) in [5.41, 5.74) is 5.78. The van der Waals surface area contributed by atoms with Crippen LogP contribution in [0.1, 0.15) is 19.8 Å². The van der Waals surface area contributed by atoms with E-state index in [0.29, 0.717) is 28.4 Å². The normalized spacial score (nSPS) is 25.4. The van der Waals surface area contributed by atoms with Crippen molar-refractivity contribution in [3.8, 4) is 0 Å². The Morgan fingerprint density at radius 1 is 1.42 bits per heavy atom. The van der Waals surface area contributed by atoms with Crippen LogP contribution in [0.15, 0.2) is 33.6 Å². The third kappa shape index (κ3) is 2.86. The zero-order valence-corrected chi connectivity index (χ0v) is 13.3. The molecule has 106 valence electrons. The summed E-state index contributed by atoms with van der Waals surface area (Å²) >= 11 is 3.32.